The first-order valence-corrected chi connectivity index (χ1v) is 9.66. The second kappa shape index (κ2) is 9.93. The number of benzene rings is 2. The summed E-state index contributed by atoms with van der Waals surface area (Å²) < 4.78 is 5.45. The number of carbonyl (C=O) groups is 2. The Kier molecular flexibility index (Phi) is 7.61. The lowest BCUT2D eigenvalue weighted by Gasteiger charge is -2.27. The van der Waals surface area contributed by atoms with E-state index in [-0.39, 0.29) is 17.7 Å². The van der Waals surface area contributed by atoms with Gasteiger partial charge in [-0.3, -0.25) is 9.59 Å². The van der Waals surface area contributed by atoms with Gasteiger partial charge in [-0.05, 0) is 49.1 Å². The number of rotatable bonds is 8. The first-order valence-electron chi connectivity index (χ1n) is 9.66. The second-order valence-corrected chi connectivity index (χ2v) is 7.28. The highest BCUT2D eigenvalue weighted by Crippen LogP contribution is 2.15. The molecule has 5 nitrogen and oxygen atoms in total. The van der Waals surface area contributed by atoms with E-state index in [0.717, 1.165) is 16.9 Å². The van der Waals surface area contributed by atoms with Crippen LogP contribution < -0.4 is 10.1 Å². The minimum absolute atomic E-state index is 0.0248. The normalized spacial score (nSPS) is 11.8. The Morgan fingerprint density at radius 1 is 1.07 bits per heavy atom. The van der Waals surface area contributed by atoms with E-state index in [2.05, 4.69) is 5.32 Å². The molecule has 5 heteroatoms. The molecule has 150 valence electrons. The molecule has 0 aromatic heterocycles. The van der Waals surface area contributed by atoms with Crippen LogP contribution in [0.4, 0.5) is 0 Å². The van der Waals surface area contributed by atoms with Crippen molar-refractivity contribution < 1.29 is 14.3 Å². The topological polar surface area (TPSA) is 58.6 Å². The molecule has 2 aromatic rings. The van der Waals surface area contributed by atoms with Crippen molar-refractivity contribution in [1.29, 1.82) is 0 Å². The summed E-state index contributed by atoms with van der Waals surface area (Å²) in [5.74, 6) is 0.458. The van der Waals surface area contributed by atoms with Gasteiger partial charge in [-0.2, -0.15) is 0 Å². The Hall–Kier alpha value is -2.82. The van der Waals surface area contributed by atoms with Crippen LogP contribution in [0.25, 0.3) is 0 Å². The lowest BCUT2D eigenvalue weighted by Crippen LogP contribution is -2.50. The molecule has 1 atom stereocenters. The zero-order valence-corrected chi connectivity index (χ0v) is 17.4. The van der Waals surface area contributed by atoms with Crippen molar-refractivity contribution in [2.24, 2.45) is 5.92 Å². The van der Waals surface area contributed by atoms with Crippen molar-refractivity contribution in [3.63, 3.8) is 0 Å². The number of nitrogens with one attached hydrogen (secondary N) is 1. The van der Waals surface area contributed by atoms with Crippen molar-refractivity contribution in [1.82, 2.24) is 10.2 Å². The number of aryl methyl sites for hydroxylation is 1. The monoisotopic (exact) mass is 382 g/mol. The van der Waals surface area contributed by atoms with E-state index < -0.39 is 6.04 Å². The summed E-state index contributed by atoms with van der Waals surface area (Å²) in [5.41, 5.74) is 2.49. The van der Waals surface area contributed by atoms with E-state index in [0.29, 0.717) is 18.7 Å². The number of hydrogen-bond acceptors (Lipinski definition) is 3. The van der Waals surface area contributed by atoms with Crippen molar-refractivity contribution in [3.8, 4) is 5.75 Å². The third kappa shape index (κ3) is 5.59. The lowest BCUT2D eigenvalue weighted by atomic mass is 10.0. The van der Waals surface area contributed by atoms with Gasteiger partial charge in [-0.25, -0.2) is 0 Å². The number of likely N-dealkylation sites (N-methyl/N-ethyl adjacent to an activating group) is 1. The molecule has 0 saturated carbocycles. The van der Waals surface area contributed by atoms with Crippen LogP contribution in [0.5, 0.6) is 5.75 Å². The van der Waals surface area contributed by atoms with Gasteiger partial charge >= 0.3 is 0 Å². The predicted molar refractivity (Wildman–Crippen MR) is 111 cm³/mol. The average Bonchev–Trinajstić information content (AvgIpc) is 2.67. The Morgan fingerprint density at radius 2 is 1.71 bits per heavy atom. The SMILES string of the molecule is CCOc1ccc(CN(C)C(=O)C(NC(=O)c2ccccc2C)C(C)C)cc1. The average molecular weight is 383 g/mol. The van der Waals surface area contributed by atoms with Crippen LogP contribution in [0.15, 0.2) is 48.5 Å². The molecule has 2 amide bonds. The fourth-order valence-electron chi connectivity index (χ4n) is 3.01. The van der Waals surface area contributed by atoms with Gasteiger partial charge < -0.3 is 15.0 Å². The van der Waals surface area contributed by atoms with E-state index >= 15 is 0 Å². The van der Waals surface area contributed by atoms with Crippen molar-refractivity contribution in [2.45, 2.75) is 40.3 Å². The molecule has 0 saturated heterocycles. The largest absolute Gasteiger partial charge is 0.494 e. The highest BCUT2D eigenvalue weighted by molar-refractivity contribution is 5.98. The predicted octanol–water partition coefficient (Wildman–Crippen LogP) is 3.81. The van der Waals surface area contributed by atoms with E-state index in [9.17, 15) is 9.59 Å². The number of hydrogen-bond donors (Lipinski definition) is 1. The first-order chi connectivity index (χ1) is 13.3. The van der Waals surface area contributed by atoms with Gasteiger partial charge in [0, 0.05) is 19.2 Å². The Morgan fingerprint density at radius 3 is 2.29 bits per heavy atom. The number of nitrogens with zero attached hydrogens (tertiary/aromatic N) is 1. The van der Waals surface area contributed by atoms with Gasteiger partial charge in [0.1, 0.15) is 11.8 Å². The summed E-state index contributed by atoms with van der Waals surface area (Å²) in [6.45, 7) is 8.79. The second-order valence-electron chi connectivity index (χ2n) is 7.28. The zero-order valence-electron chi connectivity index (χ0n) is 17.4. The third-order valence-electron chi connectivity index (χ3n) is 4.64. The van der Waals surface area contributed by atoms with E-state index in [1.807, 2.05) is 70.2 Å². The van der Waals surface area contributed by atoms with Crippen LogP contribution in [0.2, 0.25) is 0 Å². The highest BCUT2D eigenvalue weighted by Gasteiger charge is 2.27. The molecule has 1 N–H and O–H groups in total. The Labute approximate surface area is 167 Å². The molecule has 0 fully saturated rings. The highest BCUT2D eigenvalue weighted by atomic mass is 16.5. The van der Waals surface area contributed by atoms with Crippen molar-refractivity contribution >= 4 is 11.8 Å². The van der Waals surface area contributed by atoms with Crippen LogP contribution in [-0.4, -0.2) is 36.4 Å². The Bertz CT molecular complexity index is 800. The Balaban J connectivity index is 2.06. The summed E-state index contributed by atoms with van der Waals surface area (Å²) >= 11 is 0. The summed E-state index contributed by atoms with van der Waals surface area (Å²) in [6, 6.07) is 14.5. The molecule has 2 aromatic carbocycles. The summed E-state index contributed by atoms with van der Waals surface area (Å²) in [5, 5.41) is 2.92. The third-order valence-corrected chi connectivity index (χ3v) is 4.64. The number of amides is 2. The fraction of sp³-hybridized carbons (Fsp3) is 0.391. The van der Waals surface area contributed by atoms with Crippen molar-refractivity contribution in [2.75, 3.05) is 13.7 Å². The fourth-order valence-corrected chi connectivity index (χ4v) is 3.01. The van der Waals surface area contributed by atoms with Gasteiger partial charge in [-0.1, -0.05) is 44.2 Å². The maximum absolute atomic E-state index is 13.0. The molecule has 0 spiro atoms. The van der Waals surface area contributed by atoms with Gasteiger partial charge in [0.05, 0.1) is 6.61 Å². The first kappa shape index (κ1) is 21.5. The van der Waals surface area contributed by atoms with Crippen LogP contribution in [0.3, 0.4) is 0 Å². The molecular weight excluding hydrogens is 352 g/mol. The molecular formula is C23H30N2O3. The van der Waals surface area contributed by atoms with Crippen LogP contribution >= 0.6 is 0 Å². The minimum atomic E-state index is -0.584. The van der Waals surface area contributed by atoms with Gasteiger partial charge in [-0.15, -0.1) is 0 Å². The molecule has 1 unspecified atom stereocenters. The zero-order chi connectivity index (χ0) is 20.7. The molecule has 0 radical (unpaired) electrons. The maximum atomic E-state index is 13.0. The molecule has 28 heavy (non-hydrogen) atoms. The molecule has 2 rings (SSSR count). The molecule has 0 heterocycles. The van der Waals surface area contributed by atoms with Crippen molar-refractivity contribution in [3.05, 3.63) is 65.2 Å². The van der Waals surface area contributed by atoms with E-state index in [1.165, 1.54) is 0 Å². The molecule has 0 bridgehead atoms. The molecule has 0 aliphatic heterocycles. The lowest BCUT2D eigenvalue weighted by molar-refractivity contribution is -0.133. The summed E-state index contributed by atoms with van der Waals surface area (Å²) in [7, 11) is 1.76. The quantitative estimate of drug-likeness (QED) is 0.755. The van der Waals surface area contributed by atoms with E-state index in [4.69, 9.17) is 4.74 Å². The van der Waals surface area contributed by atoms with Gasteiger partial charge in [0.15, 0.2) is 0 Å². The summed E-state index contributed by atoms with van der Waals surface area (Å²) in [4.78, 5) is 27.3. The van der Waals surface area contributed by atoms with Gasteiger partial charge in [0.2, 0.25) is 5.91 Å². The standard InChI is InChI=1S/C23H30N2O3/c1-6-28-19-13-11-18(12-14-19)15-25(5)23(27)21(16(2)3)24-22(26)20-10-8-7-9-17(20)4/h7-14,16,21H,6,15H2,1-5H3,(H,24,26). The maximum Gasteiger partial charge on any atom is 0.252 e. The molecule has 0 aliphatic rings. The van der Waals surface area contributed by atoms with E-state index in [1.54, 1.807) is 18.0 Å². The smallest absolute Gasteiger partial charge is 0.252 e. The number of ether oxygens (including phenoxy) is 1. The minimum Gasteiger partial charge on any atom is -0.494 e. The summed E-state index contributed by atoms with van der Waals surface area (Å²) in [6.07, 6.45) is 0. The van der Waals surface area contributed by atoms with Crippen LogP contribution in [-0.2, 0) is 11.3 Å². The van der Waals surface area contributed by atoms with Crippen LogP contribution in [0, 0.1) is 12.8 Å². The number of carbonyl (C=O) groups excluding carboxylic acids is 2. The van der Waals surface area contributed by atoms with Gasteiger partial charge in [0.25, 0.3) is 5.91 Å². The molecule has 0 aliphatic carbocycles. The van der Waals surface area contributed by atoms with Crippen LogP contribution in [0.1, 0.15) is 42.3 Å².